The van der Waals surface area contributed by atoms with Gasteiger partial charge in [0.05, 0.1) is 31.3 Å². The predicted molar refractivity (Wildman–Crippen MR) is 98.8 cm³/mol. The van der Waals surface area contributed by atoms with Crippen molar-refractivity contribution in [1.82, 2.24) is 0 Å². The minimum absolute atomic E-state index is 0.168. The number of rotatable bonds is 6. The number of ether oxygens (including phenoxy) is 2. The maximum Gasteiger partial charge on any atom is 0.337 e. The number of carbonyl (C=O) groups is 1. The average molecular weight is 360 g/mol. The molecule has 0 bridgehead atoms. The lowest BCUT2D eigenvalue weighted by Crippen LogP contribution is -2.36. The number of benzene rings is 1. The largest absolute Gasteiger partial charge is 0.465 e. The molecule has 2 heterocycles. The van der Waals surface area contributed by atoms with E-state index >= 15 is 0 Å². The summed E-state index contributed by atoms with van der Waals surface area (Å²) in [6.45, 7) is 3.16. The molecule has 2 N–H and O–H groups in total. The molecule has 0 spiro atoms. The fourth-order valence-corrected chi connectivity index (χ4v) is 3.14. The third-order valence-corrected chi connectivity index (χ3v) is 4.54. The Hall–Kier alpha value is -2.38. The monoisotopic (exact) mass is 360 g/mol. The molecule has 7 heteroatoms. The second-order valence-electron chi connectivity index (χ2n) is 6.30. The highest BCUT2D eigenvalue weighted by molar-refractivity contribution is 5.95. The quantitative estimate of drug-likeness (QED) is 0.619. The van der Waals surface area contributed by atoms with E-state index in [4.69, 9.17) is 19.6 Å². The summed E-state index contributed by atoms with van der Waals surface area (Å²) >= 11 is 0. The molecular formula is C19H24N2O5. The molecule has 1 aliphatic rings. The lowest BCUT2D eigenvalue weighted by molar-refractivity contribution is 0.0601. The summed E-state index contributed by atoms with van der Waals surface area (Å²) in [4.78, 5) is 26.7. The number of fused-ring (bicyclic) bond motifs is 1. The van der Waals surface area contributed by atoms with Crippen LogP contribution in [0.4, 0.5) is 5.88 Å². The molecule has 1 fully saturated rings. The molecule has 7 nitrogen and oxygen atoms in total. The van der Waals surface area contributed by atoms with Crippen LogP contribution in [0.1, 0.15) is 28.8 Å². The van der Waals surface area contributed by atoms with Gasteiger partial charge in [0.25, 0.3) is 0 Å². The first-order valence-electron chi connectivity index (χ1n) is 8.86. The van der Waals surface area contributed by atoms with Gasteiger partial charge in [0.1, 0.15) is 5.58 Å². The smallest absolute Gasteiger partial charge is 0.337 e. The average Bonchev–Trinajstić information content (AvgIpc) is 2.68. The second kappa shape index (κ2) is 8.33. The van der Waals surface area contributed by atoms with Crippen molar-refractivity contribution in [3.8, 4) is 0 Å². The number of methoxy groups -OCH3 is 1. The number of hydrogen-bond acceptors (Lipinski definition) is 7. The number of morpholine rings is 1. The summed E-state index contributed by atoms with van der Waals surface area (Å²) in [5.74, 6) is 0.0697. The van der Waals surface area contributed by atoms with Gasteiger partial charge in [-0.1, -0.05) is 0 Å². The molecule has 0 saturated carbocycles. The summed E-state index contributed by atoms with van der Waals surface area (Å²) < 4.78 is 16.3. The van der Waals surface area contributed by atoms with Crippen molar-refractivity contribution in [2.24, 2.45) is 5.73 Å². The van der Waals surface area contributed by atoms with Crippen LogP contribution in [-0.4, -0.2) is 45.9 Å². The van der Waals surface area contributed by atoms with E-state index < -0.39 is 5.97 Å². The van der Waals surface area contributed by atoms with Crippen molar-refractivity contribution in [3.05, 3.63) is 39.5 Å². The second-order valence-corrected chi connectivity index (χ2v) is 6.30. The molecule has 0 aliphatic carbocycles. The number of nitrogens with two attached hydrogens (primary N) is 1. The lowest BCUT2D eigenvalue weighted by Gasteiger charge is -2.27. The molecular weight excluding hydrogens is 336 g/mol. The minimum atomic E-state index is -0.469. The Morgan fingerprint density at radius 2 is 2.00 bits per heavy atom. The molecule has 1 aromatic heterocycles. The van der Waals surface area contributed by atoms with Crippen molar-refractivity contribution >= 4 is 22.8 Å². The molecule has 1 saturated heterocycles. The predicted octanol–water partition coefficient (Wildman–Crippen LogP) is 1.70. The molecule has 0 atom stereocenters. The van der Waals surface area contributed by atoms with Gasteiger partial charge in [-0.3, -0.25) is 4.79 Å². The maximum atomic E-state index is 12.7. The van der Waals surface area contributed by atoms with Crippen molar-refractivity contribution in [2.45, 2.75) is 19.3 Å². The number of aryl methyl sites for hydroxylation is 1. The highest BCUT2D eigenvalue weighted by Crippen LogP contribution is 2.26. The summed E-state index contributed by atoms with van der Waals surface area (Å²) in [5, 5.41) is 0.396. The van der Waals surface area contributed by atoms with Crippen LogP contribution in [0.25, 0.3) is 11.0 Å². The van der Waals surface area contributed by atoms with E-state index in [1.165, 1.54) is 13.2 Å². The Kier molecular flexibility index (Phi) is 5.90. The Morgan fingerprint density at radius 3 is 2.69 bits per heavy atom. The molecule has 1 aromatic carbocycles. The number of unbranched alkanes of at least 4 members (excludes halogenated alkanes) is 1. The van der Waals surface area contributed by atoms with Crippen LogP contribution < -0.4 is 16.1 Å². The van der Waals surface area contributed by atoms with E-state index in [0.29, 0.717) is 61.7 Å². The highest BCUT2D eigenvalue weighted by atomic mass is 16.5. The van der Waals surface area contributed by atoms with Gasteiger partial charge in [0.15, 0.2) is 11.3 Å². The number of anilines is 1. The normalized spacial score (nSPS) is 14.6. The fraction of sp³-hybridized carbons (Fsp3) is 0.474. The van der Waals surface area contributed by atoms with E-state index in [0.717, 1.165) is 18.4 Å². The van der Waals surface area contributed by atoms with Gasteiger partial charge >= 0.3 is 5.97 Å². The Bertz CT molecular complexity index is 840. The molecule has 1 aliphatic heterocycles. The molecule has 0 unspecified atom stereocenters. The van der Waals surface area contributed by atoms with Gasteiger partial charge in [0.2, 0.25) is 0 Å². The third kappa shape index (κ3) is 3.89. The van der Waals surface area contributed by atoms with Gasteiger partial charge in [-0.2, -0.15) is 0 Å². The summed E-state index contributed by atoms with van der Waals surface area (Å²) in [6.07, 6.45) is 2.38. The van der Waals surface area contributed by atoms with Gasteiger partial charge < -0.3 is 24.5 Å². The summed E-state index contributed by atoms with van der Waals surface area (Å²) in [5.41, 5.74) is 7.13. The van der Waals surface area contributed by atoms with E-state index in [1.54, 1.807) is 12.1 Å². The molecule has 26 heavy (non-hydrogen) atoms. The zero-order valence-electron chi connectivity index (χ0n) is 15.0. The van der Waals surface area contributed by atoms with Crippen molar-refractivity contribution in [1.29, 1.82) is 0 Å². The topological polar surface area (TPSA) is 95.0 Å². The SMILES string of the molecule is COC(=O)c1cc(CCCCN)c2oc(N3CCOCC3)cc(=O)c2c1. The zero-order valence-corrected chi connectivity index (χ0v) is 15.0. The van der Waals surface area contributed by atoms with E-state index in [9.17, 15) is 9.59 Å². The lowest BCUT2D eigenvalue weighted by atomic mass is 10.0. The van der Waals surface area contributed by atoms with Gasteiger partial charge in [-0.25, -0.2) is 4.79 Å². The van der Waals surface area contributed by atoms with Crippen LogP contribution >= 0.6 is 0 Å². The van der Waals surface area contributed by atoms with Crippen LogP contribution in [0.3, 0.4) is 0 Å². The van der Waals surface area contributed by atoms with Crippen LogP contribution in [0.15, 0.2) is 27.4 Å². The van der Waals surface area contributed by atoms with E-state index in [2.05, 4.69) is 0 Å². The number of nitrogens with zero attached hydrogens (tertiary/aromatic N) is 1. The highest BCUT2D eigenvalue weighted by Gasteiger charge is 2.19. The minimum Gasteiger partial charge on any atom is -0.465 e. The fourth-order valence-electron chi connectivity index (χ4n) is 3.14. The zero-order chi connectivity index (χ0) is 18.5. The number of esters is 1. The van der Waals surface area contributed by atoms with Gasteiger partial charge in [-0.05, 0) is 43.5 Å². The Morgan fingerprint density at radius 1 is 1.23 bits per heavy atom. The third-order valence-electron chi connectivity index (χ3n) is 4.54. The van der Waals surface area contributed by atoms with Crippen LogP contribution in [0.5, 0.6) is 0 Å². The van der Waals surface area contributed by atoms with E-state index in [-0.39, 0.29) is 5.43 Å². The van der Waals surface area contributed by atoms with Crippen LogP contribution in [0, 0.1) is 0 Å². The molecule has 0 amide bonds. The Balaban J connectivity index is 2.09. The van der Waals surface area contributed by atoms with Crippen LogP contribution in [0.2, 0.25) is 0 Å². The number of hydrogen-bond donors (Lipinski definition) is 1. The molecule has 3 rings (SSSR count). The Labute approximate surface area is 151 Å². The molecule has 2 aromatic rings. The van der Waals surface area contributed by atoms with E-state index in [1.807, 2.05) is 4.90 Å². The standard InChI is InChI=1S/C19H24N2O5/c1-24-19(23)14-10-13(4-2-3-5-20)18-15(11-14)16(22)12-17(26-18)21-6-8-25-9-7-21/h10-12H,2-9,20H2,1H3. The first-order chi connectivity index (χ1) is 12.6. The van der Waals surface area contributed by atoms with Gasteiger partial charge in [-0.15, -0.1) is 0 Å². The summed E-state index contributed by atoms with van der Waals surface area (Å²) in [6, 6.07) is 4.78. The molecule has 0 radical (unpaired) electrons. The maximum absolute atomic E-state index is 12.7. The molecule has 140 valence electrons. The van der Waals surface area contributed by atoms with Crippen LogP contribution in [-0.2, 0) is 15.9 Å². The first kappa shape index (κ1) is 18.4. The first-order valence-corrected chi connectivity index (χ1v) is 8.86. The van der Waals surface area contributed by atoms with Crippen molar-refractivity contribution in [2.75, 3.05) is 44.9 Å². The summed E-state index contributed by atoms with van der Waals surface area (Å²) in [7, 11) is 1.32. The van der Waals surface area contributed by atoms with Crippen molar-refractivity contribution < 1.29 is 18.7 Å². The van der Waals surface area contributed by atoms with Gasteiger partial charge in [0, 0.05) is 19.2 Å². The van der Waals surface area contributed by atoms with Crippen molar-refractivity contribution in [3.63, 3.8) is 0 Å². The number of carbonyl (C=O) groups excluding carboxylic acids is 1.